The van der Waals surface area contributed by atoms with Crippen molar-refractivity contribution < 1.29 is 14.6 Å². The van der Waals surface area contributed by atoms with Crippen LogP contribution in [0.15, 0.2) is 91.4 Å². The second kappa shape index (κ2) is 11.6. The fraction of sp³-hybridized carbons (Fsp3) is 0.0645. The number of carboxylic acid groups (broad SMARTS) is 1. The minimum absolute atomic E-state index is 0.0725. The van der Waals surface area contributed by atoms with Crippen molar-refractivity contribution in [3.05, 3.63) is 118 Å². The summed E-state index contributed by atoms with van der Waals surface area (Å²) in [5.41, 5.74) is 4.84. The summed E-state index contributed by atoms with van der Waals surface area (Å²) in [6.45, 7) is 2.85. The lowest BCUT2D eigenvalue weighted by Crippen LogP contribution is -1.97. The molecule has 0 aliphatic heterocycles. The van der Waals surface area contributed by atoms with E-state index >= 15 is 0 Å². The van der Waals surface area contributed by atoms with E-state index in [-0.39, 0.29) is 5.56 Å². The largest absolute Gasteiger partial charge is 0.478 e. The van der Waals surface area contributed by atoms with Crippen molar-refractivity contribution in [2.24, 2.45) is 0 Å². The number of aromatic nitrogens is 3. The van der Waals surface area contributed by atoms with Crippen molar-refractivity contribution in [2.45, 2.75) is 13.5 Å². The molecule has 0 saturated carbocycles. The Morgan fingerprint density at radius 3 is 2.31 bits per heavy atom. The molecule has 0 bridgehead atoms. The Morgan fingerprint density at radius 1 is 0.923 bits per heavy atom. The molecule has 0 unspecified atom stereocenters. The molecule has 2 aromatic heterocycles. The quantitative estimate of drug-likeness (QED) is 0.207. The van der Waals surface area contributed by atoms with Gasteiger partial charge in [-0.1, -0.05) is 65.7 Å². The van der Waals surface area contributed by atoms with Gasteiger partial charge in [-0.25, -0.2) is 9.78 Å². The Labute approximate surface area is 235 Å². The van der Waals surface area contributed by atoms with E-state index in [0.29, 0.717) is 21.5 Å². The zero-order valence-electron chi connectivity index (χ0n) is 20.9. The van der Waals surface area contributed by atoms with Crippen LogP contribution in [0.5, 0.6) is 11.5 Å². The van der Waals surface area contributed by atoms with Crippen molar-refractivity contribution in [3.63, 3.8) is 0 Å². The molecule has 0 amide bonds. The molecule has 194 valence electrons. The van der Waals surface area contributed by atoms with Crippen molar-refractivity contribution in [3.8, 4) is 33.9 Å². The van der Waals surface area contributed by atoms with Gasteiger partial charge in [0, 0.05) is 29.5 Å². The molecule has 0 aliphatic rings. The standard InChI is InChI=1S/C31H23Cl2N3O3/c1-2-36-19-29(27-13-10-24(32)16-28(27)33)35-30(36)14-5-20-3-6-21(7-4-20)22-8-11-25(12-9-22)39-26-15-23(31(37)38)17-34-18-26/h3-19H,2H2,1H3,(H,37,38)/b14-5+. The average Bonchev–Trinajstić information content (AvgIpc) is 3.36. The van der Waals surface area contributed by atoms with Crippen molar-refractivity contribution in [1.82, 2.24) is 14.5 Å². The number of carbonyl (C=O) groups is 1. The number of hydrogen-bond acceptors (Lipinski definition) is 4. The van der Waals surface area contributed by atoms with Crippen LogP contribution in [0.1, 0.15) is 28.7 Å². The van der Waals surface area contributed by atoms with Crippen LogP contribution in [0.25, 0.3) is 34.5 Å². The Kier molecular flexibility index (Phi) is 7.77. The summed E-state index contributed by atoms with van der Waals surface area (Å²) in [5, 5.41) is 10.3. The van der Waals surface area contributed by atoms with Crippen molar-refractivity contribution >= 4 is 41.3 Å². The van der Waals surface area contributed by atoms with Gasteiger partial charge in [-0.3, -0.25) is 4.98 Å². The van der Waals surface area contributed by atoms with Crippen LogP contribution in [0.2, 0.25) is 10.0 Å². The first kappa shape index (κ1) is 26.2. The zero-order valence-corrected chi connectivity index (χ0v) is 22.4. The minimum atomic E-state index is -1.05. The maximum absolute atomic E-state index is 11.1. The summed E-state index contributed by atoms with van der Waals surface area (Å²) in [6.07, 6.45) is 8.77. The molecule has 2 heterocycles. The highest BCUT2D eigenvalue weighted by Gasteiger charge is 2.11. The molecule has 6 nitrogen and oxygen atoms in total. The third-order valence-electron chi connectivity index (χ3n) is 6.07. The summed E-state index contributed by atoms with van der Waals surface area (Å²) >= 11 is 12.4. The number of nitrogens with zero attached hydrogens (tertiary/aromatic N) is 3. The Morgan fingerprint density at radius 2 is 1.64 bits per heavy atom. The molecule has 8 heteroatoms. The lowest BCUT2D eigenvalue weighted by atomic mass is 10.0. The number of aromatic carboxylic acids is 1. The Balaban J connectivity index is 1.28. The summed E-state index contributed by atoms with van der Waals surface area (Å²) in [6, 6.07) is 22.7. The lowest BCUT2D eigenvalue weighted by Gasteiger charge is -2.08. The molecule has 0 spiro atoms. The van der Waals surface area contributed by atoms with Gasteiger partial charge < -0.3 is 14.4 Å². The molecule has 0 aliphatic carbocycles. The first-order valence-corrected chi connectivity index (χ1v) is 12.9. The van der Waals surface area contributed by atoms with Gasteiger partial charge in [0.15, 0.2) is 0 Å². The molecule has 39 heavy (non-hydrogen) atoms. The van der Waals surface area contributed by atoms with E-state index in [9.17, 15) is 4.79 Å². The summed E-state index contributed by atoms with van der Waals surface area (Å²) in [4.78, 5) is 19.8. The number of imidazole rings is 1. The fourth-order valence-electron chi connectivity index (χ4n) is 4.04. The Bertz CT molecular complexity index is 1660. The SMILES string of the molecule is CCn1cc(-c2ccc(Cl)cc2Cl)nc1/C=C/c1ccc(-c2ccc(Oc3cncc(C(=O)O)c3)cc2)cc1. The van der Waals surface area contributed by atoms with Crippen LogP contribution >= 0.6 is 23.2 Å². The smallest absolute Gasteiger partial charge is 0.337 e. The fourth-order valence-corrected chi connectivity index (χ4v) is 4.55. The molecular weight excluding hydrogens is 533 g/mol. The topological polar surface area (TPSA) is 77.2 Å². The number of carboxylic acids is 1. The summed E-state index contributed by atoms with van der Waals surface area (Å²) < 4.78 is 7.83. The first-order chi connectivity index (χ1) is 18.9. The second-order valence-electron chi connectivity index (χ2n) is 8.69. The number of ether oxygens (including phenoxy) is 1. The van der Waals surface area contributed by atoms with Crippen molar-refractivity contribution in [2.75, 3.05) is 0 Å². The molecule has 5 aromatic rings. The van der Waals surface area contributed by atoms with Crippen LogP contribution in [-0.4, -0.2) is 25.6 Å². The number of benzene rings is 3. The molecule has 0 atom stereocenters. The number of aryl methyl sites for hydroxylation is 1. The first-order valence-electron chi connectivity index (χ1n) is 12.2. The van der Waals surface area contributed by atoms with Gasteiger partial charge in [0.05, 0.1) is 22.5 Å². The van der Waals surface area contributed by atoms with Gasteiger partial charge in [-0.2, -0.15) is 0 Å². The minimum Gasteiger partial charge on any atom is -0.478 e. The highest BCUT2D eigenvalue weighted by Crippen LogP contribution is 2.30. The van der Waals surface area contributed by atoms with E-state index in [1.165, 1.54) is 18.5 Å². The number of hydrogen-bond donors (Lipinski definition) is 1. The third-order valence-corrected chi connectivity index (χ3v) is 6.62. The predicted molar refractivity (Wildman–Crippen MR) is 155 cm³/mol. The molecule has 1 N–H and O–H groups in total. The van der Waals surface area contributed by atoms with E-state index in [1.807, 2.05) is 54.7 Å². The van der Waals surface area contributed by atoms with E-state index in [2.05, 4.69) is 40.7 Å². The maximum atomic E-state index is 11.1. The van der Waals surface area contributed by atoms with Crippen molar-refractivity contribution in [1.29, 1.82) is 0 Å². The molecule has 0 fully saturated rings. The van der Waals surface area contributed by atoms with Crippen LogP contribution < -0.4 is 4.74 Å². The van der Waals surface area contributed by atoms with Gasteiger partial charge in [-0.05, 0) is 66.1 Å². The number of pyridine rings is 1. The van der Waals surface area contributed by atoms with Gasteiger partial charge in [0.1, 0.15) is 17.3 Å². The lowest BCUT2D eigenvalue weighted by molar-refractivity contribution is 0.0696. The normalized spacial score (nSPS) is 11.2. The molecule has 5 rings (SSSR count). The molecule has 0 saturated heterocycles. The third kappa shape index (κ3) is 6.20. The van der Waals surface area contributed by atoms with E-state index < -0.39 is 5.97 Å². The predicted octanol–water partition coefficient (Wildman–Crippen LogP) is 8.60. The Hall–Kier alpha value is -4.39. The second-order valence-corrected chi connectivity index (χ2v) is 9.53. The maximum Gasteiger partial charge on any atom is 0.337 e. The zero-order chi connectivity index (χ0) is 27.4. The van der Waals surface area contributed by atoms with Crippen LogP contribution in [0.3, 0.4) is 0 Å². The van der Waals surface area contributed by atoms with E-state index in [4.69, 9.17) is 38.0 Å². The van der Waals surface area contributed by atoms with Crippen LogP contribution in [0, 0.1) is 0 Å². The van der Waals surface area contributed by atoms with Gasteiger partial charge in [0.25, 0.3) is 0 Å². The molecule has 3 aromatic carbocycles. The van der Waals surface area contributed by atoms with E-state index in [1.54, 1.807) is 6.07 Å². The van der Waals surface area contributed by atoms with Gasteiger partial charge in [-0.15, -0.1) is 0 Å². The highest BCUT2D eigenvalue weighted by molar-refractivity contribution is 6.36. The van der Waals surface area contributed by atoms with Gasteiger partial charge in [0.2, 0.25) is 0 Å². The average molecular weight is 556 g/mol. The van der Waals surface area contributed by atoms with E-state index in [0.717, 1.165) is 40.3 Å². The monoisotopic (exact) mass is 555 g/mol. The summed E-state index contributed by atoms with van der Waals surface area (Å²) in [7, 11) is 0. The molecular formula is C31H23Cl2N3O3. The van der Waals surface area contributed by atoms with Gasteiger partial charge >= 0.3 is 5.97 Å². The van der Waals surface area contributed by atoms with Crippen LogP contribution in [0.4, 0.5) is 0 Å². The number of rotatable bonds is 8. The van der Waals surface area contributed by atoms with Crippen LogP contribution in [-0.2, 0) is 6.54 Å². The molecule has 0 radical (unpaired) electrons. The number of halogens is 2. The summed E-state index contributed by atoms with van der Waals surface area (Å²) in [5.74, 6) is 0.742. The highest BCUT2D eigenvalue weighted by atomic mass is 35.5.